The van der Waals surface area contributed by atoms with Gasteiger partial charge in [0, 0.05) is 22.1 Å². The van der Waals surface area contributed by atoms with Gasteiger partial charge in [-0.05, 0) is 66.2 Å². The first-order valence-electron chi connectivity index (χ1n) is 11.2. The number of benzene rings is 3. The highest BCUT2D eigenvalue weighted by Crippen LogP contribution is 2.32. The summed E-state index contributed by atoms with van der Waals surface area (Å²) in [5, 5.41) is 6.06. The van der Waals surface area contributed by atoms with Crippen molar-refractivity contribution in [3.63, 3.8) is 0 Å². The van der Waals surface area contributed by atoms with Crippen molar-refractivity contribution < 1.29 is 28.6 Å². The largest absolute Gasteiger partial charge is 0.497 e. The SMILES string of the molecule is COc1ccc(NC(=O)c2cc3cc(Br)ccc3n2NC(=O)C(=O)NCc2ccc3c(c2)OCO3)cc1. The minimum atomic E-state index is -0.931. The molecule has 0 spiro atoms. The fourth-order valence-electron chi connectivity index (χ4n) is 3.81. The molecule has 0 radical (unpaired) electrons. The molecule has 3 amide bonds. The normalized spacial score (nSPS) is 11.7. The Hall–Kier alpha value is -4.51. The molecule has 3 aromatic carbocycles. The Morgan fingerprint density at radius 2 is 1.73 bits per heavy atom. The van der Waals surface area contributed by atoms with Crippen LogP contribution in [0.25, 0.3) is 10.9 Å². The van der Waals surface area contributed by atoms with E-state index in [0.717, 1.165) is 10.0 Å². The topological polar surface area (TPSA) is 120 Å². The summed E-state index contributed by atoms with van der Waals surface area (Å²) in [5.41, 5.74) is 4.50. The van der Waals surface area contributed by atoms with E-state index in [-0.39, 0.29) is 19.0 Å². The van der Waals surface area contributed by atoms with Crippen LogP contribution in [0.3, 0.4) is 0 Å². The van der Waals surface area contributed by atoms with Crippen molar-refractivity contribution in [3.05, 3.63) is 82.5 Å². The highest BCUT2D eigenvalue weighted by molar-refractivity contribution is 9.10. The molecule has 0 unspecified atom stereocenters. The highest BCUT2D eigenvalue weighted by atomic mass is 79.9. The van der Waals surface area contributed by atoms with Crippen LogP contribution in [0.5, 0.6) is 17.2 Å². The number of aromatic nitrogens is 1. The Morgan fingerprint density at radius 3 is 2.51 bits per heavy atom. The Bertz CT molecular complexity index is 1520. The van der Waals surface area contributed by atoms with Crippen molar-refractivity contribution in [1.29, 1.82) is 0 Å². The molecule has 0 saturated heterocycles. The molecule has 0 saturated carbocycles. The average Bonchev–Trinajstić information content (AvgIpc) is 3.51. The molecule has 5 rings (SSSR count). The van der Waals surface area contributed by atoms with Crippen molar-refractivity contribution in [2.75, 3.05) is 24.6 Å². The average molecular weight is 565 g/mol. The molecular weight excluding hydrogens is 544 g/mol. The molecule has 188 valence electrons. The van der Waals surface area contributed by atoms with E-state index in [1.807, 2.05) is 6.07 Å². The van der Waals surface area contributed by atoms with Gasteiger partial charge in [-0.1, -0.05) is 22.0 Å². The van der Waals surface area contributed by atoms with Crippen LogP contribution in [0, 0.1) is 0 Å². The van der Waals surface area contributed by atoms with E-state index in [1.54, 1.807) is 67.8 Å². The number of carbonyl (C=O) groups excluding carboxylic acids is 3. The number of halogens is 1. The maximum absolute atomic E-state index is 13.2. The lowest BCUT2D eigenvalue weighted by Crippen LogP contribution is -2.39. The third-order valence-corrected chi connectivity index (χ3v) is 6.15. The maximum Gasteiger partial charge on any atom is 0.328 e. The number of ether oxygens (including phenoxy) is 3. The second kappa shape index (κ2) is 10.2. The van der Waals surface area contributed by atoms with Gasteiger partial charge < -0.3 is 24.8 Å². The molecule has 0 bridgehead atoms. The first-order chi connectivity index (χ1) is 17.9. The first kappa shape index (κ1) is 24.2. The van der Waals surface area contributed by atoms with E-state index in [0.29, 0.717) is 33.8 Å². The number of fused-ring (bicyclic) bond motifs is 2. The first-order valence-corrected chi connectivity index (χ1v) is 11.9. The van der Waals surface area contributed by atoms with Gasteiger partial charge in [0.05, 0.1) is 12.6 Å². The smallest absolute Gasteiger partial charge is 0.328 e. The predicted molar refractivity (Wildman–Crippen MR) is 139 cm³/mol. The van der Waals surface area contributed by atoms with Gasteiger partial charge in [0.1, 0.15) is 11.4 Å². The third-order valence-electron chi connectivity index (χ3n) is 5.65. The minimum absolute atomic E-state index is 0.104. The van der Waals surface area contributed by atoms with Crippen LogP contribution < -0.4 is 30.3 Å². The van der Waals surface area contributed by atoms with Gasteiger partial charge in [0.2, 0.25) is 6.79 Å². The lowest BCUT2D eigenvalue weighted by atomic mass is 10.2. The van der Waals surface area contributed by atoms with Crippen molar-refractivity contribution in [1.82, 2.24) is 9.99 Å². The summed E-state index contributed by atoms with van der Waals surface area (Å²) in [5.74, 6) is -0.416. The molecule has 37 heavy (non-hydrogen) atoms. The standard InChI is InChI=1S/C26H21BrN4O6/c1-35-19-6-4-18(5-7-19)29-24(32)21-12-16-11-17(27)3-8-20(16)31(21)30-26(34)25(33)28-13-15-2-9-22-23(10-15)37-14-36-22/h2-12H,13-14H2,1H3,(H,28,33)(H,29,32)(H,30,34). The van der Waals surface area contributed by atoms with Crippen LogP contribution in [-0.2, 0) is 16.1 Å². The molecule has 10 nitrogen and oxygen atoms in total. The lowest BCUT2D eigenvalue weighted by Gasteiger charge is -2.13. The number of amides is 3. The van der Waals surface area contributed by atoms with Gasteiger partial charge in [-0.25, -0.2) is 4.68 Å². The molecular formula is C26H21BrN4O6. The summed E-state index contributed by atoms with van der Waals surface area (Å²) >= 11 is 3.42. The summed E-state index contributed by atoms with van der Waals surface area (Å²) < 4.78 is 17.9. The van der Waals surface area contributed by atoms with Crippen molar-refractivity contribution in [2.45, 2.75) is 6.54 Å². The Labute approximate surface area is 219 Å². The number of rotatable bonds is 6. The van der Waals surface area contributed by atoms with Crippen LogP contribution in [0.4, 0.5) is 5.69 Å². The van der Waals surface area contributed by atoms with Gasteiger partial charge in [0.15, 0.2) is 11.5 Å². The predicted octanol–water partition coefficient (Wildman–Crippen LogP) is 3.78. The van der Waals surface area contributed by atoms with Crippen LogP contribution in [-0.4, -0.2) is 36.3 Å². The quantitative estimate of drug-likeness (QED) is 0.306. The van der Waals surface area contributed by atoms with Crippen molar-refractivity contribution >= 4 is 50.2 Å². The van der Waals surface area contributed by atoms with Gasteiger partial charge in [-0.3, -0.25) is 19.8 Å². The van der Waals surface area contributed by atoms with Crippen LogP contribution in [0.15, 0.2) is 71.2 Å². The summed E-state index contributed by atoms with van der Waals surface area (Å²) in [6.07, 6.45) is 0. The number of nitrogens with one attached hydrogen (secondary N) is 3. The molecule has 4 aromatic rings. The van der Waals surface area contributed by atoms with Gasteiger partial charge >= 0.3 is 11.8 Å². The number of carbonyl (C=O) groups is 3. The number of hydrogen-bond donors (Lipinski definition) is 3. The molecule has 2 heterocycles. The van der Waals surface area contributed by atoms with Crippen LogP contribution in [0.2, 0.25) is 0 Å². The molecule has 1 aromatic heterocycles. The minimum Gasteiger partial charge on any atom is -0.497 e. The van der Waals surface area contributed by atoms with E-state index in [1.165, 1.54) is 4.68 Å². The zero-order valence-corrected chi connectivity index (χ0v) is 21.1. The zero-order valence-electron chi connectivity index (χ0n) is 19.5. The Balaban J connectivity index is 1.33. The van der Waals surface area contributed by atoms with Gasteiger partial charge in [-0.15, -0.1) is 0 Å². The molecule has 3 N–H and O–H groups in total. The lowest BCUT2D eigenvalue weighted by molar-refractivity contribution is -0.136. The fourth-order valence-corrected chi connectivity index (χ4v) is 4.19. The molecule has 11 heteroatoms. The van der Waals surface area contributed by atoms with E-state index >= 15 is 0 Å². The Kier molecular flexibility index (Phi) is 6.69. The molecule has 1 aliphatic rings. The zero-order chi connectivity index (χ0) is 25.9. The second-order valence-electron chi connectivity index (χ2n) is 8.06. The maximum atomic E-state index is 13.2. The molecule has 1 aliphatic heterocycles. The fraction of sp³-hybridized carbons (Fsp3) is 0.115. The van der Waals surface area contributed by atoms with E-state index in [4.69, 9.17) is 14.2 Å². The molecule has 0 fully saturated rings. The highest BCUT2D eigenvalue weighted by Gasteiger charge is 2.21. The summed E-state index contributed by atoms with van der Waals surface area (Å²) in [6, 6.07) is 19.0. The van der Waals surface area contributed by atoms with Crippen molar-refractivity contribution in [3.8, 4) is 17.2 Å². The number of hydrogen-bond acceptors (Lipinski definition) is 6. The van der Waals surface area contributed by atoms with E-state index < -0.39 is 17.7 Å². The van der Waals surface area contributed by atoms with Gasteiger partial charge in [-0.2, -0.15) is 0 Å². The van der Waals surface area contributed by atoms with E-state index in [9.17, 15) is 14.4 Å². The van der Waals surface area contributed by atoms with Crippen molar-refractivity contribution in [2.24, 2.45) is 0 Å². The number of methoxy groups -OCH3 is 1. The van der Waals surface area contributed by atoms with Gasteiger partial charge in [0.25, 0.3) is 5.91 Å². The molecule has 0 aliphatic carbocycles. The third kappa shape index (κ3) is 5.21. The summed E-state index contributed by atoms with van der Waals surface area (Å²) in [4.78, 5) is 38.5. The number of anilines is 1. The Morgan fingerprint density at radius 1 is 0.946 bits per heavy atom. The van der Waals surface area contributed by atoms with Crippen LogP contribution in [0.1, 0.15) is 16.1 Å². The monoisotopic (exact) mass is 564 g/mol. The van der Waals surface area contributed by atoms with Crippen LogP contribution >= 0.6 is 15.9 Å². The summed E-state index contributed by atoms with van der Waals surface area (Å²) in [6.45, 7) is 0.246. The molecule has 0 atom stereocenters. The summed E-state index contributed by atoms with van der Waals surface area (Å²) in [7, 11) is 1.55. The number of nitrogens with zero attached hydrogens (tertiary/aromatic N) is 1. The second-order valence-corrected chi connectivity index (χ2v) is 8.98. The van der Waals surface area contributed by atoms with E-state index in [2.05, 4.69) is 32.0 Å².